The molecule has 3 rings (SSSR count). The molecule has 1 aromatic heterocycles. The summed E-state index contributed by atoms with van der Waals surface area (Å²) in [6.45, 7) is 0. The largest absolute Gasteiger partial charge is 0.298 e. The van der Waals surface area contributed by atoms with Crippen molar-refractivity contribution in [2.24, 2.45) is 0 Å². The van der Waals surface area contributed by atoms with Crippen LogP contribution in [-0.2, 0) is 0 Å². The summed E-state index contributed by atoms with van der Waals surface area (Å²) >= 11 is 7.21. The molecule has 1 N–H and O–H groups in total. The molecule has 0 fully saturated rings. The van der Waals surface area contributed by atoms with Crippen LogP contribution in [0.2, 0.25) is 5.02 Å². The fourth-order valence-electron chi connectivity index (χ4n) is 1.84. The van der Waals surface area contributed by atoms with Gasteiger partial charge in [-0.05, 0) is 24.3 Å². The van der Waals surface area contributed by atoms with E-state index in [1.165, 1.54) is 11.3 Å². The molecule has 0 atom stereocenters. The van der Waals surface area contributed by atoms with Crippen molar-refractivity contribution in [3.63, 3.8) is 0 Å². The summed E-state index contributed by atoms with van der Waals surface area (Å²) in [5, 5.41) is 5.90. The molecule has 2 aromatic carbocycles. The number of carbonyl (C=O) groups excluding carboxylic acids is 1. The van der Waals surface area contributed by atoms with E-state index >= 15 is 0 Å². The first-order chi connectivity index (χ1) is 10.2. The molecule has 0 saturated heterocycles. The van der Waals surface area contributed by atoms with E-state index in [9.17, 15) is 4.79 Å². The fourth-order valence-corrected chi connectivity index (χ4v) is 2.68. The molecule has 5 heteroatoms. The van der Waals surface area contributed by atoms with E-state index < -0.39 is 0 Å². The number of halogens is 1. The van der Waals surface area contributed by atoms with Crippen LogP contribution in [0.15, 0.2) is 60.0 Å². The second-order valence-corrected chi connectivity index (χ2v) is 5.66. The maximum Gasteiger partial charge on any atom is 0.257 e. The summed E-state index contributed by atoms with van der Waals surface area (Å²) in [6, 6.07) is 16.6. The van der Waals surface area contributed by atoms with Crippen molar-refractivity contribution in [1.29, 1.82) is 0 Å². The van der Waals surface area contributed by atoms with Gasteiger partial charge in [-0.15, -0.1) is 11.3 Å². The number of rotatable bonds is 3. The lowest BCUT2D eigenvalue weighted by atomic mass is 10.2. The molecule has 21 heavy (non-hydrogen) atoms. The van der Waals surface area contributed by atoms with Gasteiger partial charge in [-0.1, -0.05) is 41.9 Å². The number of anilines is 1. The van der Waals surface area contributed by atoms with Gasteiger partial charge >= 0.3 is 0 Å². The van der Waals surface area contributed by atoms with Crippen molar-refractivity contribution in [1.82, 2.24) is 4.98 Å². The van der Waals surface area contributed by atoms with Crippen molar-refractivity contribution in [2.75, 3.05) is 5.32 Å². The number of nitrogens with one attached hydrogen (secondary N) is 1. The first-order valence-corrected chi connectivity index (χ1v) is 7.56. The lowest BCUT2D eigenvalue weighted by molar-refractivity contribution is 0.102. The van der Waals surface area contributed by atoms with Crippen LogP contribution >= 0.6 is 22.9 Å². The summed E-state index contributed by atoms with van der Waals surface area (Å²) in [7, 11) is 0. The second kappa shape index (κ2) is 6.08. The standard InChI is InChI=1S/C16H11ClN2OS/c17-13-8-6-12(7-9-13)15(20)19-16-18-14(10-21-16)11-4-2-1-3-5-11/h1-10H,(H,18,19,20). The van der Waals surface area contributed by atoms with Crippen LogP contribution in [0, 0.1) is 0 Å². The molecule has 0 aliphatic carbocycles. The third-order valence-electron chi connectivity index (χ3n) is 2.90. The average Bonchev–Trinajstić information content (AvgIpc) is 2.97. The van der Waals surface area contributed by atoms with Gasteiger partial charge in [-0.3, -0.25) is 10.1 Å². The minimum Gasteiger partial charge on any atom is -0.298 e. The highest BCUT2D eigenvalue weighted by molar-refractivity contribution is 7.14. The van der Waals surface area contributed by atoms with E-state index in [4.69, 9.17) is 11.6 Å². The molecule has 0 unspecified atom stereocenters. The van der Waals surface area contributed by atoms with Crippen LogP contribution in [0.1, 0.15) is 10.4 Å². The molecule has 0 spiro atoms. The van der Waals surface area contributed by atoms with Crippen LogP contribution in [0.4, 0.5) is 5.13 Å². The van der Waals surface area contributed by atoms with Crippen molar-refractivity contribution < 1.29 is 4.79 Å². The topological polar surface area (TPSA) is 42.0 Å². The zero-order valence-corrected chi connectivity index (χ0v) is 12.5. The molecular weight excluding hydrogens is 304 g/mol. The van der Waals surface area contributed by atoms with Gasteiger partial charge in [0.25, 0.3) is 5.91 Å². The number of benzene rings is 2. The summed E-state index contributed by atoms with van der Waals surface area (Å²) < 4.78 is 0. The van der Waals surface area contributed by atoms with Crippen LogP contribution in [0.3, 0.4) is 0 Å². The number of thiazole rings is 1. The summed E-state index contributed by atoms with van der Waals surface area (Å²) in [5.41, 5.74) is 2.43. The SMILES string of the molecule is O=C(Nc1nc(-c2ccccc2)cs1)c1ccc(Cl)cc1. The predicted octanol–water partition coefficient (Wildman–Crippen LogP) is 4.72. The van der Waals surface area contributed by atoms with Crippen LogP contribution < -0.4 is 5.32 Å². The Labute approximate surface area is 131 Å². The van der Waals surface area contributed by atoms with Gasteiger partial charge in [0.15, 0.2) is 5.13 Å². The molecule has 1 amide bonds. The number of carbonyl (C=O) groups is 1. The van der Waals surface area contributed by atoms with Crippen molar-refractivity contribution >= 4 is 34.0 Å². The maximum absolute atomic E-state index is 12.1. The highest BCUT2D eigenvalue weighted by atomic mass is 35.5. The molecule has 104 valence electrons. The van der Waals surface area contributed by atoms with E-state index in [0.717, 1.165) is 11.3 Å². The van der Waals surface area contributed by atoms with Crippen LogP contribution in [0.25, 0.3) is 11.3 Å². The maximum atomic E-state index is 12.1. The Kier molecular flexibility index (Phi) is 3.99. The third-order valence-corrected chi connectivity index (χ3v) is 3.91. The molecule has 1 heterocycles. The lowest BCUT2D eigenvalue weighted by Crippen LogP contribution is -2.11. The molecule has 0 aliphatic rings. The molecule has 0 bridgehead atoms. The molecule has 0 radical (unpaired) electrons. The van der Waals surface area contributed by atoms with Crippen molar-refractivity contribution in [3.8, 4) is 11.3 Å². The fraction of sp³-hybridized carbons (Fsp3) is 0. The minimum absolute atomic E-state index is 0.194. The molecular formula is C16H11ClN2OS. The zero-order chi connectivity index (χ0) is 14.7. The van der Waals surface area contributed by atoms with Crippen LogP contribution in [-0.4, -0.2) is 10.9 Å². The highest BCUT2D eigenvalue weighted by Gasteiger charge is 2.09. The summed E-state index contributed by atoms with van der Waals surface area (Å²) in [5.74, 6) is -0.194. The van der Waals surface area contributed by atoms with E-state index in [1.807, 2.05) is 35.7 Å². The van der Waals surface area contributed by atoms with Gasteiger partial charge in [0, 0.05) is 21.5 Å². The normalized spacial score (nSPS) is 10.3. The predicted molar refractivity (Wildman–Crippen MR) is 87.0 cm³/mol. The second-order valence-electron chi connectivity index (χ2n) is 4.36. The quantitative estimate of drug-likeness (QED) is 0.760. The highest BCUT2D eigenvalue weighted by Crippen LogP contribution is 2.25. The Morgan fingerprint density at radius 2 is 1.76 bits per heavy atom. The minimum atomic E-state index is -0.194. The number of amides is 1. The number of hydrogen-bond donors (Lipinski definition) is 1. The van der Waals surface area contributed by atoms with Gasteiger partial charge in [0.05, 0.1) is 5.69 Å². The number of hydrogen-bond acceptors (Lipinski definition) is 3. The van der Waals surface area contributed by atoms with Gasteiger partial charge in [0.1, 0.15) is 0 Å². The molecule has 0 aliphatic heterocycles. The first kappa shape index (κ1) is 13.8. The van der Waals surface area contributed by atoms with E-state index in [-0.39, 0.29) is 5.91 Å². The average molecular weight is 315 g/mol. The van der Waals surface area contributed by atoms with Gasteiger partial charge in [0.2, 0.25) is 0 Å². The Morgan fingerprint density at radius 1 is 1.05 bits per heavy atom. The Morgan fingerprint density at radius 3 is 2.48 bits per heavy atom. The first-order valence-electron chi connectivity index (χ1n) is 6.30. The Balaban J connectivity index is 1.75. The van der Waals surface area contributed by atoms with Gasteiger partial charge in [-0.25, -0.2) is 4.98 Å². The van der Waals surface area contributed by atoms with Gasteiger partial charge < -0.3 is 0 Å². The summed E-state index contributed by atoms with van der Waals surface area (Å²) in [4.78, 5) is 16.5. The summed E-state index contributed by atoms with van der Waals surface area (Å²) in [6.07, 6.45) is 0. The van der Waals surface area contributed by atoms with E-state index in [0.29, 0.717) is 15.7 Å². The number of aromatic nitrogens is 1. The molecule has 3 nitrogen and oxygen atoms in total. The monoisotopic (exact) mass is 314 g/mol. The van der Waals surface area contributed by atoms with Crippen molar-refractivity contribution in [2.45, 2.75) is 0 Å². The van der Waals surface area contributed by atoms with Crippen LogP contribution in [0.5, 0.6) is 0 Å². The third kappa shape index (κ3) is 3.29. The Bertz CT molecular complexity index is 753. The van der Waals surface area contributed by atoms with E-state index in [2.05, 4.69) is 10.3 Å². The smallest absolute Gasteiger partial charge is 0.257 e. The molecule has 0 saturated carbocycles. The van der Waals surface area contributed by atoms with E-state index in [1.54, 1.807) is 24.3 Å². The Hall–Kier alpha value is -2.17. The van der Waals surface area contributed by atoms with Gasteiger partial charge in [-0.2, -0.15) is 0 Å². The molecule has 3 aromatic rings. The van der Waals surface area contributed by atoms with Crippen molar-refractivity contribution in [3.05, 3.63) is 70.6 Å². The zero-order valence-electron chi connectivity index (χ0n) is 10.9. The number of nitrogens with zero attached hydrogens (tertiary/aromatic N) is 1. The lowest BCUT2D eigenvalue weighted by Gasteiger charge is -2.01.